The number of carbonyl (C=O) groups is 1. The van der Waals surface area contributed by atoms with Crippen LogP contribution in [0.25, 0.3) is 10.8 Å². The number of thiophene rings is 1. The first-order valence-corrected chi connectivity index (χ1v) is 11.6. The van der Waals surface area contributed by atoms with Crippen LogP contribution >= 0.6 is 11.3 Å². The Morgan fingerprint density at radius 3 is 2.46 bits per heavy atom. The van der Waals surface area contributed by atoms with Gasteiger partial charge in [0.25, 0.3) is 10.0 Å². The van der Waals surface area contributed by atoms with Crippen LogP contribution < -0.4 is 4.90 Å². The average molecular weight is 415 g/mol. The summed E-state index contributed by atoms with van der Waals surface area (Å²) in [6.45, 7) is 0.750. The summed E-state index contributed by atoms with van der Waals surface area (Å²) in [7, 11) is -1.64. The standard InChI is InChI=1S/C21H22N2O3S2/c1-22(19-9-4-7-16-6-2-3-8-18(16)19)21(24)17-11-13-23(14-12-17)28(25,26)20-10-5-15-27-20/h2-10,15,17H,11-14H2,1H3. The number of hydrogen-bond donors (Lipinski definition) is 0. The molecule has 0 spiro atoms. The molecular formula is C21H22N2O3S2. The Kier molecular flexibility index (Phi) is 5.23. The van der Waals surface area contributed by atoms with Crippen molar-refractivity contribution in [3.8, 4) is 0 Å². The van der Waals surface area contributed by atoms with E-state index in [1.807, 2.05) is 42.5 Å². The normalized spacial score (nSPS) is 16.3. The van der Waals surface area contributed by atoms with E-state index >= 15 is 0 Å². The maximum atomic E-state index is 13.1. The van der Waals surface area contributed by atoms with Crippen molar-refractivity contribution in [3.63, 3.8) is 0 Å². The highest BCUT2D eigenvalue weighted by Crippen LogP contribution is 2.30. The van der Waals surface area contributed by atoms with Crippen molar-refractivity contribution in [2.45, 2.75) is 17.1 Å². The molecule has 4 rings (SSSR count). The maximum Gasteiger partial charge on any atom is 0.252 e. The molecule has 1 fully saturated rings. The van der Waals surface area contributed by atoms with Crippen LogP contribution in [0.2, 0.25) is 0 Å². The predicted octanol–water partition coefficient (Wildman–Crippen LogP) is 3.97. The SMILES string of the molecule is CN(C(=O)C1CCN(S(=O)(=O)c2cccs2)CC1)c1cccc2ccccc12. The van der Waals surface area contributed by atoms with Gasteiger partial charge in [-0.2, -0.15) is 4.31 Å². The number of amides is 1. The average Bonchev–Trinajstić information content (AvgIpc) is 3.28. The Hall–Kier alpha value is -2.22. The van der Waals surface area contributed by atoms with Gasteiger partial charge in [0.15, 0.2) is 0 Å². The summed E-state index contributed by atoms with van der Waals surface area (Å²) in [6.07, 6.45) is 1.08. The van der Waals surface area contributed by atoms with E-state index < -0.39 is 10.0 Å². The Labute approximate surface area is 169 Å². The van der Waals surface area contributed by atoms with Crippen LogP contribution in [0, 0.1) is 5.92 Å². The number of sulfonamides is 1. The molecule has 28 heavy (non-hydrogen) atoms. The van der Waals surface area contributed by atoms with Crippen LogP contribution in [0.5, 0.6) is 0 Å². The van der Waals surface area contributed by atoms with Crippen LogP contribution in [-0.2, 0) is 14.8 Å². The van der Waals surface area contributed by atoms with E-state index in [1.54, 1.807) is 29.5 Å². The molecule has 1 aromatic heterocycles. The smallest absolute Gasteiger partial charge is 0.252 e. The summed E-state index contributed by atoms with van der Waals surface area (Å²) in [6, 6.07) is 17.3. The van der Waals surface area contributed by atoms with Gasteiger partial charge in [-0.3, -0.25) is 4.79 Å². The molecule has 0 atom stereocenters. The highest BCUT2D eigenvalue weighted by molar-refractivity contribution is 7.91. The lowest BCUT2D eigenvalue weighted by Crippen LogP contribution is -2.43. The van der Waals surface area contributed by atoms with Crippen LogP contribution in [-0.4, -0.2) is 38.8 Å². The second kappa shape index (κ2) is 7.66. The molecule has 1 aliphatic rings. The molecule has 2 aromatic carbocycles. The van der Waals surface area contributed by atoms with Crippen molar-refractivity contribution in [2.75, 3.05) is 25.0 Å². The molecule has 3 aromatic rings. The number of hydrogen-bond acceptors (Lipinski definition) is 4. The third-order valence-corrected chi connectivity index (χ3v) is 8.62. The zero-order chi connectivity index (χ0) is 19.7. The van der Waals surface area contributed by atoms with Gasteiger partial charge in [0.1, 0.15) is 4.21 Å². The van der Waals surface area contributed by atoms with Gasteiger partial charge in [-0.1, -0.05) is 42.5 Å². The van der Waals surface area contributed by atoms with Crippen molar-refractivity contribution in [2.24, 2.45) is 5.92 Å². The predicted molar refractivity (Wildman–Crippen MR) is 113 cm³/mol. The molecule has 1 amide bonds. The van der Waals surface area contributed by atoms with Gasteiger partial charge in [-0.15, -0.1) is 11.3 Å². The zero-order valence-electron chi connectivity index (χ0n) is 15.6. The van der Waals surface area contributed by atoms with E-state index in [1.165, 1.54) is 15.6 Å². The summed E-state index contributed by atoms with van der Waals surface area (Å²) >= 11 is 1.23. The molecule has 1 saturated heterocycles. The van der Waals surface area contributed by atoms with E-state index in [2.05, 4.69) is 0 Å². The van der Waals surface area contributed by atoms with Gasteiger partial charge in [-0.25, -0.2) is 8.42 Å². The van der Waals surface area contributed by atoms with Gasteiger partial charge < -0.3 is 4.90 Å². The largest absolute Gasteiger partial charge is 0.315 e. The van der Waals surface area contributed by atoms with Crippen LogP contribution in [0.3, 0.4) is 0 Å². The zero-order valence-corrected chi connectivity index (χ0v) is 17.2. The van der Waals surface area contributed by atoms with Crippen molar-refractivity contribution in [3.05, 3.63) is 60.0 Å². The lowest BCUT2D eigenvalue weighted by Gasteiger charge is -2.32. The minimum atomic E-state index is -3.44. The van der Waals surface area contributed by atoms with Crippen molar-refractivity contribution >= 4 is 43.7 Å². The van der Waals surface area contributed by atoms with E-state index in [4.69, 9.17) is 0 Å². The summed E-state index contributed by atoms with van der Waals surface area (Å²) in [4.78, 5) is 14.8. The summed E-state index contributed by atoms with van der Waals surface area (Å²) in [5.74, 6) is -0.122. The molecule has 7 heteroatoms. The lowest BCUT2D eigenvalue weighted by molar-refractivity contribution is -0.123. The fourth-order valence-corrected chi connectivity index (χ4v) is 6.39. The Morgan fingerprint density at radius 1 is 1.04 bits per heavy atom. The number of anilines is 1. The van der Waals surface area contributed by atoms with Gasteiger partial charge >= 0.3 is 0 Å². The molecule has 1 aliphatic heterocycles. The second-order valence-electron chi connectivity index (χ2n) is 7.01. The molecule has 0 radical (unpaired) electrons. The third-order valence-electron chi connectivity index (χ3n) is 5.35. The monoisotopic (exact) mass is 414 g/mol. The van der Waals surface area contributed by atoms with E-state index in [9.17, 15) is 13.2 Å². The quantitative estimate of drug-likeness (QED) is 0.649. The summed E-state index contributed by atoms with van der Waals surface area (Å²) < 4.78 is 27.2. The molecule has 0 N–H and O–H groups in total. The Morgan fingerprint density at radius 2 is 1.75 bits per heavy atom. The number of rotatable bonds is 4. The van der Waals surface area contributed by atoms with Crippen LogP contribution in [0.4, 0.5) is 5.69 Å². The molecular weight excluding hydrogens is 392 g/mol. The highest BCUT2D eigenvalue weighted by Gasteiger charge is 2.34. The van der Waals surface area contributed by atoms with Gasteiger partial charge in [0.2, 0.25) is 5.91 Å². The molecule has 2 heterocycles. The van der Waals surface area contributed by atoms with Crippen molar-refractivity contribution in [1.29, 1.82) is 0 Å². The molecule has 5 nitrogen and oxygen atoms in total. The van der Waals surface area contributed by atoms with Crippen LogP contribution in [0.15, 0.2) is 64.2 Å². The van der Waals surface area contributed by atoms with E-state index in [0.29, 0.717) is 30.1 Å². The number of carbonyl (C=O) groups excluding carboxylic acids is 1. The van der Waals surface area contributed by atoms with E-state index in [0.717, 1.165) is 16.5 Å². The first kappa shape index (κ1) is 19.1. The Bertz CT molecular complexity index is 1080. The third kappa shape index (κ3) is 3.45. The van der Waals surface area contributed by atoms with Crippen molar-refractivity contribution in [1.82, 2.24) is 4.31 Å². The van der Waals surface area contributed by atoms with Gasteiger partial charge in [-0.05, 0) is 35.7 Å². The lowest BCUT2D eigenvalue weighted by atomic mass is 9.96. The fraction of sp³-hybridized carbons (Fsp3) is 0.286. The summed E-state index contributed by atoms with van der Waals surface area (Å²) in [5.41, 5.74) is 0.886. The maximum absolute atomic E-state index is 13.1. The minimum Gasteiger partial charge on any atom is -0.315 e. The first-order valence-electron chi connectivity index (χ1n) is 9.27. The topological polar surface area (TPSA) is 57.7 Å². The van der Waals surface area contributed by atoms with Crippen LogP contribution in [0.1, 0.15) is 12.8 Å². The van der Waals surface area contributed by atoms with Crippen molar-refractivity contribution < 1.29 is 13.2 Å². The highest BCUT2D eigenvalue weighted by atomic mass is 32.2. The fourth-order valence-electron chi connectivity index (χ4n) is 3.77. The van der Waals surface area contributed by atoms with Gasteiger partial charge in [0.05, 0.1) is 5.69 Å². The van der Waals surface area contributed by atoms with E-state index in [-0.39, 0.29) is 11.8 Å². The minimum absolute atomic E-state index is 0.0459. The molecule has 146 valence electrons. The molecule has 0 bridgehead atoms. The number of fused-ring (bicyclic) bond motifs is 1. The molecule has 0 unspecified atom stereocenters. The molecule has 0 aliphatic carbocycles. The number of piperidine rings is 1. The number of benzene rings is 2. The number of nitrogens with zero attached hydrogens (tertiary/aromatic N) is 2. The first-order chi connectivity index (χ1) is 13.5. The summed E-state index contributed by atoms with van der Waals surface area (Å²) in [5, 5.41) is 3.90. The molecule has 0 saturated carbocycles. The second-order valence-corrected chi connectivity index (χ2v) is 10.1. The van der Waals surface area contributed by atoms with Gasteiger partial charge in [0, 0.05) is 31.4 Å². The Balaban J connectivity index is 1.48.